The number of ketones is 1. The Labute approximate surface area is 54.8 Å². The van der Waals surface area contributed by atoms with Gasteiger partial charge in [0.25, 0.3) is 0 Å². The summed E-state index contributed by atoms with van der Waals surface area (Å²) in [5.74, 6) is 0.157. The molecule has 2 heteroatoms. The van der Waals surface area contributed by atoms with Crippen LogP contribution in [0.1, 0.15) is 26.2 Å². The molecule has 1 aliphatic carbocycles. The average molecular weight is 125 g/mol. The van der Waals surface area contributed by atoms with Crippen molar-refractivity contribution in [2.75, 3.05) is 0 Å². The summed E-state index contributed by atoms with van der Waals surface area (Å²) in [6.07, 6.45) is 2.40. The number of hydrogen-bond acceptors (Lipinski definition) is 2. The molecular formula is C7H11NO. The molecule has 0 radical (unpaired) electrons. The topological polar surface area (TPSA) is 40.9 Å². The molecule has 0 aliphatic heterocycles. The highest BCUT2D eigenvalue weighted by Gasteiger charge is 2.21. The first-order valence-corrected chi connectivity index (χ1v) is 3.32. The maximum absolute atomic E-state index is 10.9. The van der Waals surface area contributed by atoms with Crippen molar-refractivity contribution >= 4 is 11.5 Å². The smallest absolute Gasteiger partial charge is 0.141 e. The summed E-state index contributed by atoms with van der Waals surface area (Å²) in [5, 5.41) is 7.30. The van der Waals surface area contributed by atoms with Crippen molar-refractivity contribution in [2.24, 2.45) is 5.92 Å². The van der Waals surface area contributed by atoms with Crippen molar-refractivity contribution in [3.63, 3.8) is 0 Å². The van der Waals surface area contributed by atoms with Crippen LogP contribution in [0.4, 0.5) is 0 Å². The van der Waals surface area contributed by atoms with Crippen LogP contribution in [0.2, 0.25) is 0 Å². The van der Waals surface area contributed by atoms with Gasteiger partial charge in [-0.05, 0) is 12.8 Å². The zero-order valence-electron chi connectivity index (χ0n) is 5.61. The molecule has 1 fully saturated rings. The van der Waals surface area contributed by atoms with E-state index in [1.807, 2.05) is 6.92 Å². The minimum atomic E-state index is -0.0845. The van der Waals surface area contributed by atoms with E-state index in [-0.39, 0.29) is 11.7 Å². The molecule has 0 aromatic carbocycles. The highest BCUT2D eigenvalue weighted by atomic mass is 16.1. The lowest BCUT2D eigenvalue weighted by Crippen LogP contribution is -2.24. The van der Waals surface area contributed by atoms with E-state index in [1.165, 1.54) is 0 Å². The summed E-state index contributed by atoms with van der Waals surface area (Å²) in [6.45, 7) is 1.82. The summed E-state index contributed by atoms with van der Waals surface area (Å²) in [4.78, 5) is 10.9. The Balaban J connectivity index is 2.62. The van der Waals surface area contributed by atoms with Crippen molar-refractivity contribution < 1.29 is 4.79 Å². The Kier molecular flexibility index (Phi) is 1.65. The van der Waals surface area contributed by atoms with Gasteiger partial charge in [-0.3, -0.25) is 4.79 Å². The van der Waals surface area contributed by atoms with Gasteiger partial charge in [-0.15, -0.1) is 0 Å². The number of carbonyl (C=O) groups excluding carboxylic acids is 1. The minimum absolute atomic E-state index is 0.0845. The van der Waals surface area contributed by atoms with Crippen molar-refractivity contribution in [1.82, 2.24) is 0 Å². The highest BCUT2D eigenvalue weighted by Crippen LogP contribution is 2.16. The van der Waals surface area contributed by atoms with Gasteiger partial charge < -0.3 is 5.41 Å². The van der Waals surface area contributed by atoms with E-state index in [4.69, 9.17) is 5.41 Å². The van der Waals surface area contributed by atoms with E-state index in [9.17, 15) is 4.79 Å². The van der Waals surface area contributed by atoms with Crippen molar-refractivity contribution in [2.45, 2.75) is 26.2 Å². The summed E-state index contributed by atoms with van der Waals surface area (Å²) >= 11 is 0. The summed E-state index contributed by atoms with van der Waals surface area (Å²) in [7, 11) is 0. The Morgan fingerprint density at radius 3 is 2.67 bits per heavy atom. The van der Waals surface area contributed by atoms with E-state index in [1.54, 1.807) is 0 Å². The molecule has 0 saturated heterocycles. The molecule has 9 heavy (non-hydrogen) atoms. The van der Waals surface area contributed by atoms with Gasteiger partial charge in [0.1, 0.15) is 5.78 Å². The molecule has 0 aromatic rings. The van der Waals surface area contributed by atoms with Crippen molar-refractivity contribution in [1.29, 1.82) is 5.41 Å². The SMILES string of the molecule is CC1C(=N)CCCC1=O. The van der Waals surface area contributed by atoms with Crippen molar-refractivity contribution in [3.05, 3.63) is 0 Å². The van der Waals surface area contributed by atoms with Gasteiger partial charge in [-0.2, -0.15) is 0 Å². The second-order valence-electron chi connectivity index (χ2n) is 2.57. The van der Waals surface area contributed by atoms with Crippen molar-refractivity contribution in [3.8, 4) is 0 Å². The lowest BCUT2D eigenvalue weighted by atomic mass is 9.88. The van der Waals surface area contributed by atoms with E-state index in [2.05, 4.69) is 0 Å². The first-order chi connectivity index (χ1) is 4.22. The molecule has 1 unspecified atom stereocenters. The predicted molar refractivity (Wildman–Crippen MR) is 35.7 cm³/mol. The van der Waals surface area contributed by atoms with Gasteiger partial charge in [0, 0.05) is 12.1 Å². The fourth-order valence-corrected chi connectivity index (χ4v) is 1.08. The molecule has 1 atom stereocenters. The minimum Gasteiger partial charge on any atom is -0.309 e. The molecule has 1 rings (SSSR count). The average Bonchev–Trinajstić information content (AvgIpc) is 1.83. The lowest BCUT2D eigenvalue weighted by Gasteiger charge is -2.16. The van der Waals surface area contributed by atoms with Gasteiger partial charge >= 0.3 is 0 Å². The molecule has 0 bridgehead atoms. The fourth-order valence-electron chi connectivity index (χ4n) is 1.08. The van der Waals surface area contributed by atoms with Crippen LogP contribution in [0.3, 0.4) is 0 Å². The van der Waals surface area contributed by atoms with Crippen LogP contribution in [0.5, 0.6) is 0 Å². The number of rotatable bonds is 0. The number of carbonyl (C=O) groups is 1. The van der Waals surface area contributed by atoms with E-state index < -0.39 is 0 Å². The van der Waals surface area contributed by atoms with Gasteiger partial charge in [-0.1, -0.05) is 6.92 Å². The van der Waals surface area contributed by atoms with Crippen LogP contribution < -0.4 is 0 Å². The van der Waals surface area contributed by atoms with Crippen LogP contribution in [-0.2, 0) is 4.79 Å². The Bertz CT molecular complexity index is 135. The first kappa shape index (κ1) is 6.46. The normalized spacial score (nSPS) is 28.8. The summed E-state index contributed by atoms with van der Waals surface area (Å²) in [6, 6.07) is 0. The third kappa shape index (κ3) is 1.18. The molecular weight excluding hydrogens is 114 g/mol. The molecule has 0 heterocycles. The van der Waals surface area contributed by atoms with Gasteiger partial charge in [0.05, 0.1) is 5.92 Å². The van der Waals surface area contributed by atoms with Gasteiger partial charge in [-0.25, -0.2) is 0 Å². The third-order valence-corrected chi connectivity index (χ3v) is 1.87. The Morgan fingerprint density at radius 2 is 2.22 bits per heavy atom. The monoisotopic (exact) mass is 125 g/mol. The number of Topliss-reactive ketones (excluding diaryl/α,β-unsaturated/α-hetero) is 1. The highest BCUT2D eigenvalue weighted by molar-refractivity contribution is 6.05. The van der Waals surface area contributed by atoms with Crippen LogP contribution in [0, 0.1) is 11.3 Å². The first-order valence-electron chi connectivity index (χ1n) is 3.32. The van der Waals surface area contributed by atoms with Crippen LogP contribution in [0.25, 0.3) is 0 Å². The predicted octanol–water partition coefficient (Wildman–Crippen LogP) is 1.40. The molecule has 0 spiro atoms. The number of hydrogen-bond donors (Lipinski definition) is 1. The van der Waals surface area contributed by atoms with E-state index in [0.717, 1.165) is 12.8 Å². The fraction of sp³-hybridized carbons (Fsp3) is 0.714. The van der Waals surface area contributed by atoms with Crippen LogP contribution in [-0.4, -0.2) is 11.5 Å². The molecule has 1 aliphatic rings. The Morgan fingerprint density at radius 1 is 1.56 bits per heavy atom. The number of nitrogens with one attached hydrogen (secondary N) is 1. The van der Waals surface area contributed by atoms with Crippen LogP contribution >= 0.6 is 0 Å². The van der Waals surface area contributed by atoms with E-state index >= 15 is 0 Å². The van der Waals surface area contributed by atoms with Crippen LogP contribution in [0.15, 0.2) is 0 Å². The van der Waals surface area contributed by atoms with Gasteiger partial charge in [0.15, 0.2) is 0 Å². The lowest BCUT2D eigenvalue weighted by molar-refractivity contribution is -0.121. The molecule has 0 amide bonds. The summed E-state index contributed by atoms with van der Waals surface area (Å²) in [5.41, 5.74) is 0.617. The summed E-state index contributed by atoms with van der Waals surface area (Å²) < 4.78 is 0. The molecule has 0 aromatic heterocycles. The molecule has 1 N–H and O–H groups in total. The maximum atomic E-state index is 10.9. The molecule has 1 saturated carbocycles. The molecule has 50 valence electrons. The zero-order chi connectivity index (χ0) is 6.85. The molecule has 2 nitrogen and oxygen atoms in total. The standard InChI is InChI=1S/C7H11NO/c1-5-6(8)3-2-4-7(5)9/h5,8H,2-4H2,1H3. The second kappa shape index (κ2) is 2.29. The van der Waals surface area contributed by atoms with E-state index in [0.29, 0.717) is 12.1 Å². The maximum Gasteiger partial charge on any atom is 0.141 e. The third-order valence-electron chi connectivity index (χ3n) is 1.87. The largest absolute Gasteiger partial charge is 0.309 e. The second-order valence-corrected chi connectivity index (χ2v) is 2.57. The quantitative estimate of drug-likeness (QED) is 0.522. The van der Waals surface area contributed by atoms with Gasteiger partial charge in [0.2, 0.25) is 0 Å². The Hall–Kier alpha value is -0.660. The zero-order valence-corrected chi connectivity index (χ0v) is 5.61.